The van der Waals surface area contributed by atoms with Crippen molar-refractivity contribution in [2.45, 2.75) is 6.61 Å². The molecule has 0 fully saturated rings. The topological polar surface area (TPSA) is 105 Å². The van der Waals surface area contributed by atoms with Crippen LogP contribution in [0.3, 0.4) is 0 Å². The maximum absolute atomic E-state index is 12.5. The molecule has 31 heavy (non-hydrogen) atoms. The zero-order valence-electron chi connectivity index (χ0n) is 16.1. The van der Waals surface area contributed by atoms with Gasteiger partial charge in [-0.05, 0) is 35.9 Å². The minimum Gasteiger partial charge on any atom is -0.488 e. The van der Waals surface area contributed by atoms with Crippen molar-refractivity contribution in [1.82, 2.24) is 0 Å². The number of nitrogens with one attached hydrogen (secondary N) is 1. The second-order valence-electron chi connectivity index (χ2n) is 6.39. The maximum Gasteiger partial charge on any atom is 0.269 e. The first kappa shape index (κ1) is 21.6. The largest absolute Gasteiger partial charge is 0.488 e. The molecule has 3 aromatic carbocycles. The molecule has 0 aliphatic carbocycles. The zero-order chi connectivity index (χ0) is 22.2. The third kappa shape index (κ3) is 5.92. The number of nitrogens with zero attached hydrogens (tertiary/aromatic N) is 2. The normalized spacial score (nSPS) is 10.8. The molecule has 3 rings (SSSR count). The lowest BCUT2D eigenvalue weighted by molar-refractivity contribution is -0.384. The van der Waals surface area contributed by atoms with Crippen molar-refractivity contribution in [2.24, 2.45) is 0 Å². The molecule has 8 heteroatoms. The van der Waals surface area contributed by atoms with Crippen molar-refractivity contribution >= 4 is 35.0 Å². The minimum atomic E-state index is -0.585. The van der Waals surface area contributed by atoms with Crippen LogP contribution in [0.15, 0.2) is 78.4 Å². The molecule has 0 heterocycles. The number of halogens is 1. The third-order valence-corrected chi connectivity index (χ3v) is 4.42. The summed E-state index contributed by atoms with van der Waals surface area (Å²) in [6, 6.07) is 21.5. The molecule has 7 nitrogen and oxygen atoms in total. The molecule has 0 aliphatic rings. The summed E-state index contributed by atoms with van der Waals surface area (Å²) in [5.74, 6) is -0.157. The molecule has 3 aromatic rings. The van der Waals surface area contributed by atoms with Crippen molar-refractivity contribution in [3.05, 3.63) is 105 Å². The van der Waals surface area contributed by atoms with E-state index in [1.54, 1.807) is 60.7 Å². The van der Waals surface area contributed by atoms with Gasteiger partial charge in [0.15, 0.2) is 0 Å². The molecule has 0 bridgehead atoms. The Hall–Kier alpha value is -4.15. The number of hydrogen-bond acceptors (Lipinski definition) is 5. The van der Waals surface area contributed by atoms with Gasteiger partial charge in [0.1, 0.15) is 24.0 Å². The van der Waals surface area contributed by atoms with E-state index < -0.39 is 10.8 Å². The van der Waals surface area contributed by atoms with Crippen LogP contribution >= 0.6 is 11.6 Å². The van der Waals surface area contributed by atoms with E-state index in [-0.39, 0.29) is 17.9 Å². The molecule has 0 saturated carbocycles. The summed E-state index contributed by atoms with van der Waals surface area (Å²) in [6.45, 7) is 0.0864. The van der Waals surface area contributed by atoms with Crippen LogP contribution < -0.4 is 10.1 Å². The summed E-state index contributed by atoms with van der Waals surface area (Å²) in [5.41, 5.74) is 1.46. The van der Waals surface area contributed by atoms with Gasteiger partial charge in [-0.15, -0.1) is 0 Å². The average Bonchev–Trinajstić information content (AvgIpc) is 2.76. The van der Waals surface area contributed by atoms with Crippen LogP contribution in [0.25, 0.3) is 6.08 Å². The van der Waals surface area contributed by atoms with Crippen molar-refractivity contribution < 1.29 is 14.5 Å². The number of carbonyl (C=O) groups is 1. The summed E-state index contributed by atoms with van der Waals surface area (Å²) < 4.78 is 5.79. The lowest BCUT2D eigenvalue weighted by Gasteiger charge is -2.10. The summed E-state index contributed by atoms with van der Waals surface area (Å²) >= 11 is 5.92. The van der Waals surface area contributed by atoms with Crippen LogP contribution in [0.2, 0.25) is 5.02 Å². The van der Waals surface area contributed by atoms with E-state index in [9.17, 15) is 20.2 Å². The van der Waals surface area contributed by atoms with Gasteiger partial charge in [0.2, 0.25) is 0 Å². The van der Waals surface area contributed by atoms with Crippen molar-refractivity contribution in [1.29, 1.82) is 5.26 Å². The summed E-state index contributed by atoms with van der Waals surface area (Å²) in [5, 5.41) is 23.5. The number of carbonyl (C=O) groups excluding carboxylic acids is 1. The predicted molar refractivity (Wildman–Crippen MR) is 118 cm³/mol. The summed E-state index contributed by atoms with van der Waals surface area (Å²) in [4.78, 5) is 23.0. The molecule has 0 spiro atoms. The van der Waals surface area contributed by atoms with Gasteiger partial charge in [0.25, 0.3) is 11.6 Å². The number of non-ortho nitro benzene ring substituents is 1. The molecule has 0 saturated heterocycles. The number of anilines is 1. The number of ether oxygens (including phenoxy) is 1. The Labute approximate surface area is 183 Å². The number of amides is 1. The lowest BCUT2D eigenvalue weighted by Crippen LogP contribution is -2.13. The molecule has 1 amide bonds. The van der Waals surface area contributed by atoms with Crippen LogP contribution in [-0.2, 0) is 11.4 Å². The first-order chi connectivity index (χ1) is 15.0. The molecule has 0 atom stereocenters. The van der Waals surface area contributed by atoms with E-state index in [0.29, 0.717) is 27.6 Å². The number of hydrogen-bond donors (Lipinski definition) is 1. The molecule has 0 radical (unpaired) electrons. The van der Waals surface area contributed by atoms with Gasteiger partial charge in [0.05, 0.1) is 4.92 Å². The molecule has 0 aliphatic heterocycles. The minimum absolute atomic E-state index is 0.0289. The highest BCUT2D eigenvalue weighted by Crippen LogP contribution is 2.24. The van der Waals surface area contributed by atoms with Gasteiger partial charge in [0, 0.05) is 28.4 Å². The molecule has 0 aromatic heterocycles. The lowest BCUT2D eigenvalue weighted by atomic mass is 10.1. The number of benzene rings is 3. The number of nitriles is 1. The van der Waals surface area contributed by atoms with E-state index in [4.69, 9.17) is 16.3 Å². The van der Waals surface area contributed by atoms with Gasteiger partial charge in [-0.1, -0.05) is 48.0 Å². The van der Waals surface area contributed by atoms with E-state index in [1.165, 1.54) is 18.2 Å². The van der Waals surface area contributed by atoms with E-state index in [1.807, 2.05) is 6.07 Å². The summed E-state index contributed by atoms with van der Waals surface area (Å²) in [6.07, 6.45) is 1.42. The summed E-state index contributed by atoms with van der Waals surface area (Å²) in [7, 11) is 0. The Morgan fingerprint density at radius 1 is 1.13 bits per heavy atom. The van der Waals surface area contributed by atoms with Crippen LogP contribution in [0.1, 0.15) is 11.1 Å². The van der Waals surface area contributed by atoms with E-state index in [2.05, 4.69) is 5.32 Å². The van der Waals surface area contributed by atoms with Crippen molar-refractivity contribution in [3.8, 4) is 11.8 Å². The van der Waals surface area contributed by atoms with Gasteiger partial charge in [-0.2, -0.15) is 5.26 Å². The molecule has 154 valence electrons. The Morgan fingerprint density at radius 3 is 2.65 bits per heavy atom. The quantitative estimate of drug-likeness (QED) is 0.233. The fourth-order valence-corrected chi connectivity index (χ4v) is 2.91. The van der Waals surface area contributed by atoms with Crippen LogP contribution in [0.4, 0.5) is 11.4 Å². The second kappa shape index (κ2) is 10.1. The van der Waals surface area contributed by atoms with E-state index in [0.717, 1.165) is 0 Å². The number of para-hydroxylation sites is 1. The molecular formula is C23H16ClN3O4. The van der Waals surface area contributed by atoms with Gasteiger partial charge >= 0.3 is 0 Å². The Morgan fingerprint density at radius 2 is 1.90 bits per heavy atom. The Kier molecular flexibility index (Phi) is 6.99. The monoisotopic (exact) mass is 433 g/mol. The molecule has 0 unspecified atom stereocenters. The third-order valence-electron chi connectivity index (χ3n) is 4.18. The van der Waals surface area contributed by atoms with Crippen LogP contribution in [-0.4, -0.2) is 10.8 Å². The first-order valence-electron chi connectivity index (χ1n) is 9.10. The Balaban J connectivity index is 1.78. The van der Waals surface area contributed by atoms with Gasteiger partial charge in [-0.3, -0.25) is 14.9 Å². The van der Waals surface area contributed by atoms with Crippen molar-refractivity contribution in [2.75, 3.05) is 5.32 Å². The highest BCUT2D eigenvalue weighted by atomic mass is 35.5. The van der Waals surface area contributed by atoms with Crippen LogP contribution in [0.5, 0.6) is 5.75 Å². The van der Waals surface area contributed by atoms with Crippen LogP contribution in [0, 0.1) is 21.4 Å². The first-order valence-corrected chi connectivity index (χ1v) is 9.48. The Bertz CT molecular complexity index is 1200. The van der Waals surface area contributed by atoms with E-state index >= 15 is 0 Å². The zero-order valence-corrected chi connectivity index (χ0v) is 16.9. The molecular weight excluding hydrogens is 418 g/mol. The smallest absolute Gasteiger partial charge is 0.269 e. The highest BCUT2D eigenvalue weighted by Gasteiger charge is 2.12. The fourth-order valence-electron chi connectivity index (χ4n) is 2.72. The number of nitro benzene ring substituents is 1. The average molecular weight is 434 g/mol. The predicted octanol–water partition coefficient (Wildman–Crippen LogP) is 5.37. The fraction of sp³-hybridized carbons (Fsp3) is 0.0435. The maximum atomic E-state index is 12.5. The number of nitro groups is 1. The van der Waals surface area contributed by atoms with Gasteiger partial charge in [-0.25, -0.2) is 0 Å². The highest BCUT2D eigenvalue weighted by molar-refractivity contribution is 6.31. The molecule has 1 N–H and O–H groups in total. The van der Waals surface area contributed by atoms with Crippen molar-refractivity contribution in [3.63, 3.8) is 0 Å². The second-order valence-corrected chi connectivity index (χ2v) is 6.82. The standard InChI is InChI=1S/C23H16ClN3O4/c24-19-7-4-8-20(13-19)26-23(28)18(14-25)12-17-6-1-2-10-22(17)31-15-16-5-3-9-21(11-16)27(29)30/h1-13H,15H2,(H,26,28)/b18-12+. The van der Waals surface area contributed by atoms with Gasteiger partial charge < -0.3 is 10.1 Å². The number of rotatable bonds is 7. The SMILES string of the molecule is N#C/C(=C\c1ccccc1OCc1cccc([N+](=O)[O-])c1)C(=O)Nc1cccc(Cl)c1.